The molecule has 1 aliphatic heterocycles. The van der Waals surface area contributed by atoms with Crippen molar-refractivity contribution in [3.05, 3.63) is 52.9 Å². The largest absolute Gasteiger partial charge is 0.391 e. The molecule has 10 heteroatoms. The van der Waals surface area contributed by atoms with Crippen LogP contribution in [0.25, 0.3) is 0 Å². The molecule has 0 saturated carbocycles. The average Bonchev–Trinajstić information content (AvgIpc) is 3.31. The number of hydrogen-bond acceptors (Lipinski definition) is 7. The third-order valence-electron chi connectivity index (χ3n) is 4.49. The molecule has 1 aliphatic rings. The lowest BCUT2D eigenvalue weighted by Crippen LogP contribution is -2.31. The molecular formula is C19H20ClN7O2. The number of rotatable bonds is 5. The van der Waals surface area contributed by atoms with E-state index < -0.39 is 6.10 Å². The highest BCUT2D eigenvalue weighted by molar-refractivity contribution is 6.30. The van der Waals surface area contributed by atoms with E-state index in [1.165, 1.54) is 6.20 Å². The van der Waals surface area contributed by atoms with Gasteiger partial charge in [0.15, 0.2) is 23.1 Å². The van der Waals surface area contributed by atoms with E-state index in [4.69, 9.17) is 11.6 Å². The van der Waals surface area contributed by atoms with E-state index in [1.54, 1.807) is 29.2 Å². The van der Waals surface area contributed by atoms with Crippen molar-refractivity contribution in [1.82, 2.24) is 25.1 Å². The van der Waals surface area contributed by atoms with Crippen LogP contribution in [0.4, 0.5) is 23.1 Å². The number of likely N-dealkylation sites (tertiary alicyclic amines) is 1. The second kappa shape index (κ2) is 8.06. The molecule has 9 nitrogen and oxygen atoms in total. The van der Waals surface area contributed by atoms with Crippen LogP contribution < -0.4 is 10.6 Å². The second-order valence-electron chi connectivity index (χ2n) is 6.84. The van der Waals surface area contributed by atoms with E-state index in [0.717, 1.165) is 5.69 Å². The Labute approximate surface area is 172 Å². The molecule has 3 heterocycles. The summed E-state index contributed by atoms with van der Waals surface area (Å²) in [7, 11) is 0. The summed E-state index contributed by atoms with van der Waals surface area (Å²) in [5.41, 5.74) is 1.80. The number of β-amino-alcohol motifs (C(OH)–C–C–N with tert-alkyl or cyclic N) is 1. The Morgan fingerprint density at radius 1 is 1.28 bits per heavy atom. The number of aromatic amines is 1. The number of aryl methyl sites for hydroxylation is 1. The maximum Gasteiger partial charge on any atom is 0.276 e. The summed E-state index contributed by atoms with van der Waals surface area (Å²) >= 11 is 5.95. The standard InChI is InChI=1S/C19H20ClN7O2/c1-11-8-15(26-25-11)23-16-9-21-17(19(29)27-7-6-14(28)10-27)18(24-16)22-13-4-2-12(20)3-5-13/h2-5,8-9,14,28H,6-7,10H2,1H3,(H3,22,23,24,25,26)/t14-/m0/s1. The smallest absolute Gasteiger partial charge is 0.276 e. The van der Waals surface area contributed by atoms with Gasteiger partial charge in [0, 0.05) is 35.6 Å². The molecule has 2 aromatic heterocycles. The Bertz CT molecular complexity index is 1020. The topological polar surface area (TPSA) is 119 Å². The highest BCUT2D eigenvalue weighted by Gasteiger charge is 2.28. The fourth-order valence-corrected chi connectivity index (χ4v) is 3.18. The summed E-state index contributed by atoms with van der Waals surface area (Å²) in [6.07, 6.45) is 1.53. The van der Waals surface area contributed by atoms with E-state index in [0.29, 0.717) is 41.1 Å². The lowest BCUT2D eigenvalue weighted by molar-refractivity contribution is 0.0760. The number of nitrogens with one attached hydrogen (secondary N) is 3. The summed E-state index contributed by atoms with van der Waals surface area (Å²) in [5.74, 6) is 1.05. The molecule has 29 heavy (non-hydrogen) atoms. The first-order valence-electron chi connectivity index (χ1n) is 9.14. The third-order valence-corrected chi connectivity index (χ3v) is 4.75. The minimum absolute atomic E-state index is 0.179. The first-order chi connectivity index (χ1) is 14.0. The second-order valence-corrected chi connectivity index (χ2v) is 7.28. The number of aliphatic hydroxyl groups excluding tert-OH is 1. The fourth-order valence-electron chi connectivity index (χ4n) is 3.05. The molecule has 1 atom stereocenters. The molecule has 0 spiro atoms. The van der Waals surface area contributed by atoms with Gasteiger partial charge in [0.2, 0.25) is 0 Å². The lowest BCUT2D eigenvalue weighted by Gasteiger charge is -2.18. The van der Waals surface area contributed by atoms with Gasteiger partial charge in [-0.05, 0) is 37.6 Å². The predicted molar refractivity (Wildman–Crippen MR) is 110 cm³/mol. The fraction of sp³-hybridized carbons (Fsp3) is 0.263. The van der Waals surface area contributed by atoms with Gasteiger partial charge in [-0.2, -0.15) is 5.10 Å². The summed E-state index contributed by atoms with van der Waals surface area (Å²) < 4.78 is 0. The zero-order valence-electron chi connectivity index (χ0n) is 15.7. The lowest BCUT2D eigenvalue weighted by atomic mass is 10.3. The van der Waals surface area contributed by atoms with Crippen LogP contribution in [0, 0.1) is 6.92 Å². The number of H-pyrrole nitrogens is 1. The van der Waals surface area contributed by atoms with Crippen LogP contribution in [0.3, 0.4) is 0 Å². The molecule has 0 bridgehead atoms. The molecule has 1 saturated heterocycles. The van der Waals surface area contributed by atoms with Gasteiger partial charge >= 0.3 is 0 Å². The van der Waals surface area contributed by atoms with Gasteiger partial charge < -0.3 is 20.6 Å². The van der Waals surface area contributed by atoms with Crippen molar-refractivity contribution in [2.75, 3.05) is 23.7 Å². The van der Waals surface area contributed by atoms with Crippen LogP contribution in [0.1, 0.15) is 22.6 Å². The first kappa shape index (κ1) is 19.2. The highest BCUT2D eigenvalue weighted by atomic mass is 35.5. The van der Waals surface area contributed by atoms with Gasteiger partial charge in [-0.15, -0.1) is 0 Å². The van der Waals surface area contributed by atoms with Crippen molar-refractivity contribution in [2.24, 2.45) is 0 Å². The quantitative estimate of drug-likeness (QED) is 0.507. The number of aromatic nitrogens is 4. The van der Waals surface area contributed by atoms with E-state index in [1.807, 2.05) is 13.0 Å². The van der Waals surface area contributed by atoms with Crippen LogP contribution in [0.5, 0.6) is 0 Å². The monoisotopic (exact) mass is 413 g/mol. The highest BCUT2D eigenvalue weighted by Crippen LogP contribution is 2.24. The van der Waals surface area contributed by atoms with Crippen molar-refractivity contribution in [1.29, 1.82) is 0 Å². The minimum atomic E-state index is -0.511. The Balaban J connectivity index is 1.65. The Hall–Kier alpha value is -3.17. The van der Waals surface area contributed by atoms with E-state index >= 15 is 0 Å². The third kappa shape index (κ3) is 4.47. The normalized spacial score (nSPS) is 16.1. The molecule has 4 N–H and O–H groups in total. The number of aliphatic hydroxyl groups is 1. The molecule has 1 amide bonds. The SMILES string of the molecule is Cc1cc(Nc2cnc(C(=O)N3CC[C@H](O)C3)c(Nc3ccc(Cl)cc3)n2)n[nH]1. The summed E-state index contributed by atoms with van der Waals surface area (Å²) in [4.78, 5) is 23.4. The Kier molecular flexibility index (Phi) is 5.32. The van der Waals surface area contributed by atoms with Crippen LogP contribution in [-0.4, -0.2) is 55.3 Å². The van der Waals surface area contributed by atoms with Crippen LogP contribution in [0.15, 0.2) is 36.5 Å². The van der Waals surface area contributed by atoms with Gasteiger partial charge in [-0.1, -0.05) is 11.6 Å². The zero-order chi connectivity index (χ0) is 20.4. The molecule has 1 fully saturated rings. The Morgan fingerprint density at radius 3 is 2.72 bits per heavy atom. The van der Waals surface area contributed by atoms with E-state index in [-0.39, 0.29) is 18.1 Å². The van der Waals surface area contributed by atoms with E-state index in [2.05, 4.69) is 30.8 Å². The van der Waals surface area contributed by atoms with Gasteiger partial charge in [0.1, 0.15) is 0 Å². The molecule has 150 valence electrons. The zero-order valence-corrected chi connectivity index (χ0v) is 16.4. The number of carbonyl (C=O) groups is 1. The molecule has 0 aliphatic carbocycles. The number of nitrogens with zero attached hydrogens (tertiary/aromatic N) is 4. The van der Waals surface area contributed by atoms with Gasteiger partial charge in [0.25, 0.3) is 5.91 Å². The number of carbonyl (C=O) groups excluding carboxylic acids is 1. The van der Waals surface area contributed by atoms with Crippen molar-refractivity contribution in [3.8, 4) is 0 Å². The van der Waals surface area contributed by atoms with Crippen LogP contribution in [-0.2, 0) is 0 Å². The molecule has 4 rings (SSSR count). The number of halogens is 1. The summed E-state index contributed by atoms with van der Waals surface area (Å²) in [6.45, 7) is 2.66. The van der Waals surface area contributed by atoms with Crippen molar-refractivity contribution < 1.29 is 9.90 Å². The molecule has 0 unspecified atom stereocenters. The predicted octanol–water partition coefficient (Wildman–Crippen LogP) is 2.86. The van der Waals surface area contributed by atoms with Gasteiger partial charge in [0.05, 0.1) is 12.3 Å². The maximum absolute atomic E-state index is 12.9. The molecule has 1 aromatic carbocycles. The minimum Gasteiger partial charge on any atom is -0.391 e. The van der Waals surface area contributed by atoms with Crippen LogP contribution in [0.2, 0.25) is 5.02 Å². The molecular weight excluding hydrogens is 394 g/mol. The number of hydrogen-bond donors (Lipinski definition) is 4. The van der Waals surface area contributed by atoms with Crippen molar-refractivity contribution in [3.63, 3.8) is 0 Å². The molecule has 3 aromatic rings. The van der Waals surface area contributed by atoms with Crippen molar-refractivity contribution >= 4 is 40.6 Å². The van der Waals surface area contributed by atoms with Gasteiger partial charge in [-0.25, -0.2) is 9.97 Å². The van der Waals surface area contributed by atoms with Gasteiger partial charge in [-0.3, -0.25) is 9.89 Å². The number of benzene rings is 1. The van der Waals surface area contributed by atoms with Crippen LogP contribution >= 0.6 is 11.6 Å². The summed E-state index contributed by atoms with van der Waals surface area (Å²) in [6, 6.07) is 8.89. The first-order valence-corrected chi connectivity index (χ1v) is 9.52. The average molecular weight is 414 g/mol. The molecule has 0 radical (unpaired) electrons. The Morgan fingerprint density at radius 2 is 2.07 bits per heavy atom. The maximum atomic E-state index is 12.9. The number of amides is 1. The summed E-state index contributed by atoms with van der Waals surface area (Å²) in [5, 5.41) is 23.5. The van der Waals surface area contributed by atoms with Crippen molar-refractivity contribution in [2.45, 2.75) is 19.4 Å². The van der Waals surface area contributed by atoms with E-state index in [9.17, 15) is 9.90 Å². The number of anilines is 4.